The van der Waals surface area contributed by atoms with Gasteiger partial charge in [0, 0.05) is 11.8 Å². The van der Waals surface area contributed by atoms with Gasteiger partial charge in [0.25, 0.3) is 0 Å². The number of hydrogen-bond acceptors (Lipinski definition) is 2. The molecule has 0 spiro atoms. The number of carbonyl (C=O) groups is 1. The van der Waals surface area contributed by atoms with Crippen molar-refractivity contribution in [2.45, 2.75) is 33.1 Å². The van der Waals surface area contributed by atoms with Crippen molar-refractivity contribution in [3.05, 3.63) is 24.4 Å². The van der Waals surface area contributed by atoms with Crippen LogP contribution in [-0.2, 0) is 4.79 Å². The van der Waals surface area contributed by atoms with E-state index < -0.39 is 0 Å². The molecular formula is C15H22N2O. The molecule has 2 aliphatic rings. The van der Waals surface area contributed by atoms with Crippen LogP contribution in [0.1, 0.15) is 33.1 Å². The normalized spacial score (nSPS) is 31.8. The van der Waals surface area contributed by atoms with Gasteiger partial charge in [-0.15, -0.1) is 6.58 Å². The molecule has 4 atom stereocenters. The number of nitrogens with one attached hydrogen (secondary N) is 2. The third-order valence-electron chi connectivity index (χ3n) is 4.15. The number of carbonyl (C=O) groups excluding carboxylic acids is 1. The van der Waals surface area contributed by atoms with Crippen LogP contribution in [0.25, 0.3) is 0 Å². The summed E-state index contributed by atoms with van der Waals surface area (Å²) in [6.07, 6.45) is 6.55. The lowest BCUT2D eigenvalue weighted by atomic mass is 10.0. The van der Waals surface area contributed by atoms with Crippen molar-refractivity contribution >= 4 is 11.6 Å². The van der Waals surface area contributed by atoms with Crippen LogP contribution in [0, 0.1) is 29.1 Å². The predicted octanol–water partition coefficient (Wildman–Crippen LogP) is 2.89. The van der Waals surface area contributed by atoms with E-state index in [2.05, 4.69) is 18.8 Å². The fourth-order valence-electron chi connectivity index (χ4n) is 2.70. The van der Waals surface area contributed by atoms with Crippen LogP contribution in [0.3, 0.4) is 0 Å². The first-order chi connectivity index (χ1) is 8.54. The van der Waals surface area contributed by atoms with E-state index in [1.807, 2.05) is 13.0 Å². The Hall–Kier alpha value is -1.38. The minimum atomic E-state index is -0.0770. The fourth-order valence-corrected chi connectivity index (χ4v) is 2.70. The van der Waals surface area contributed by atoms with Crippen molar-refractivity contribution in [1.82, 2.24) is 5.32 Å². The van der Waals surface area contributed by atoms with Gasteiger partial charge < -0.3 is 10.7 Å². The van der Waals surface area contributed by atoms with E-state index in [-0.39, 0.29) is 11.8 Å². The van der Waals surface area contributed by atoms with Crippen LogP contribution in [0.15, 0.2) is 24.4 Å². The molecule has 1 fully saturated rings. The Bertz CT molecular complexity index is 411. The predicted molar refractivity (Wildman–Crippen MR) is 73.3 cm³/mol. The Balaban J connectivity index is 2.01. The molecule has 4 unspecified atom stereocenters. The van der Waals surface area contributed by atoms with E-state index in [0.29, 0.717) is 29.9 Å². The van der Waals surface area contributed by atoms with Crippen molar-refractivity contribution in [3.63, 3.8) is 0 Å². The van der Waals surface area contributed by atoms with Crippen molar-refractivity contribution < 1.29 is 4.79 Å². The maximum absolute atomic E-state index is 12.0. The topological polar surface area (TPSA) is 53.0 Å². The van der Waals surface area contributed by atoms with Gasteiger partial charge in [0.05, 0.1) is 11.4 Å². The summed E-state index contributed by atoms with van der Waals surface area (Å²) >= 11 is 0. The van der Waals surface area contributed by atoms with Crippen LogP contribution in [0.2, 0.25) is 0 Å². The molecule has 0 heterocycles. The van der Waals surface area contributed by atoms with Gasteiger partial charge in [0.1, 0.15) is 0 Å². The number of fused-ring (bicyclic) bond motifs is 1. The molecule has 2 aliphatic carbocycles. The Morgan fingerprint density at radius 1 is 1.72 bits per heavy atom. The second kappa shape index (κ2) is 5.09. The molecule has 18 heavy (non-hydrogen) atoms. The smallest absolute Gasteiger partial charge is 0.227 e. The van der Waals surface area contributed by atoms with Gasteiger partial charge in [0.15, 0.2) is 0 Å². The zero-order valence-electron chi connectivity index (χ0n) is 11.2. The van der Waals surface area contributed by atoms with Gasteiger partial charge >= 0.3 is 0 Å². The van der Waals surface area contributed by atoms with E-state index in [1.165, 1.54) is 0 Å². The van der Waals surface area contributed by atoms with Crippen molar-refractivity contribution in [2.75, 3.05) is 0 Å². The second-order valence-electron chi connectivity index (χ2n) is 5.67. The standard InChI is InChI=1S/C15H22N2O/c1-4-5-10(3)15(18)17-13-7-6-9(2)11-8-12(11)14(13)16/h4,7,9-12,16H,1,5-6,8H2,2-3H3,(H,17,18). The molecular weight excluding hydrogens is 224 g/mol. The van der Waals surface area contributed by atoms with Crippen molar-refractivity contribution in [2.24, 2.45) is 23.7 Å². The number of amides is 1. The monoisotopic (exact) mass is 246 g/mol. The Labute approximate surface area is 109 Å². The van der Waals surface area contributed by atoms with E-state index in [4.69, 9.17) is 5.41 Å². The summed E-state index contributed by atoms with van der Waals surface area (Å²) in [5.74, 6) is 1.59. The molecule has 0 aromatic heterocycles. The molecule has 2 N–H and O–H groups in total. The second-order valence-corrected chi connectivity index (χ2v) is 5.67. The molecule has 98 valence electrons. The summed E-state index contributed by atoms with van der Waals surface area (Å²) in [6.45, 7) is 7.78. The minimum absolute atomic E-state index is 0.00217. The molecule has 1 saturated carbocycles. The highest BCUT2D eigenvalue weighted by Crippen LogP contribution is 2.48. The molecule has 0 aromatic rings. The van der Waals surface area contributed by atoms with Crippen LogP contribution in [-0.4, -0.2) is 11.6 Å². The van der Waals surface area contributed by atoms with E-state index in [9.17, 15) is 4.79 Å². The lowest BCUT2D eigenvalue weighted by molar-refractivity contribution is -0.123. The maximum atomic E-state index is 12.0. The fraction of sp³-hybridized carbons (Fsp3) is 0.600. The highest BCUT2D eigenvalue weighted by atomic mass is 16.1. The number of allylic oxidation sites excluding steroid dienone is 3. The SMILES string of the molecule is C=CCC(C)C(=O)NC1=CCC(C)C2CC2C1=N. The number of rotatable bonds is 4. The molecule has 2 rings (SSSR count). The van der Waals surface area contributed by atoms with Crippen molar-refractivity contribution in [1.29, 1.82) is 5.41 Å². The highest BCUT2D eigenvalue weighted by Gasteiger charge is 2.46. The maximum Gasteiger partial charge on any atom is 0.227 e. The van der Waals surface area contributed by atoms with E-state index in [1.54, 1.807) is 6.08 Å². The largest absolute Gasteiger partial charge is 0.325 e. The zero-order chi connectivity index (χ0) is 13.3. The average Bonchev–Trinajstić information content (AvgIpc) is 3.13. The first kappa shape index (κ1) is 13.1. The summed E-state index contributed by atoms with van der Waals surface area (Å²) in [6, 6.07) is 0. The van der Waals surface area contributed by atoms with Crippen LogP contribution in [0.4, 0.5) is 0 Å². The van der Waals surface area contributed by atoms with Gasteiger partial charge in [-0.25, -0.2) is 0 Å². The Morgan fingerprint density at radius 3 is 3.11 bits per heavy atom. The summed E-state index contributed by atoms with van der Waals surface area (Å²) in [5.41, 5.74) is 1.37. The third-order valence-corrected chi connectivity index (χ3v) is 4.15. The van der Waals surface area contributed by atoms with Crippen LogP contribution < -0.4 is 5.32 Å². The van der Waals surface area contributed by atoms with Crippen molar-refractivity contribution in [3.8, 4) is 0 Å². The quantitative estimate of drug-likeness (QED) is 0.736. The summed E-state index contributed by atoms with van der Waals surface area (Å²) in [5, 5.41) is 11.1. The third kappa shape index (κ3) is 2.55. The lowest BCUT2D eigenvalue weighted by Gasteiger charge is -2.13. The Kier molecular flexibility index (Phi) is 3.69. The Morgan fingerprint density at radius 2 is 2.44 bits per heavy atom. The summed E-state index contributed by atoms with van der Waals surface area (Å²) in [7, 11) is 0. The molecule has 0 aromatic carbocycles. The summed E-state index contributed by atoms with van der Waals surface area (Å²) < 4.78 is 0. The molecule has 0 aliphatic heterocycles. The lowest BCUT2D eigenvalue weighted by Crippen LogP contribution is -2.32. The average molecular weight is 246 g/mol. The van der Waals surface area contributed by atoms with Crippen LogP contribution in [0.5, 0.6) is 0 Å². The molecule has 0 radical (unpaired) electrons. The number of hydrogen-bond donors (Lipinski definition) is 2. The highest BCUT2D eigenvalue weighted by molar-refractivity contribution is 6.04. The van der Waals surface area contributed by atoms with Gasteiger partial charge in [-0.3, -0.25) is 4.79 Å². The zero-order valence-corrected chi connectivity index (χ0v) is 11.2. The van der Waals surface area contributed by atoms with Gasteiger partial charge in [-0.1, -0.05) is 26.0 Å². The van der Waals surface area contributed by atoms with E-state index >= 15 is 0 Å². The first-order valence-corrected chi connectivity index (χ1v) is 6.75. The van der Waals surface area contributed by atoms with Gasteiger partial charge in [0.2, 0.25) is 5.91 Å². The van der Waals surface area contributed by atoms with Gasteiger partial charge in [-0.2, -0.15) is 0 Å². The molecule has 3 nitrogen and oxygen atoms in total. The van der Waals surface area contributed by atoms with Gasteiger partial charge in [-0.05, 0) is 31.1 Å². The first-order valence-electron chi connectivity index (χ1n) is 6.75. The molecule has 0 bridgehead atoms. The molecule has 0 saturated heterocycles. The summed E-state index contributed by atoms with van der Waals surface area (Å²) in [4.78, 5) is 12.0. The van der Waals surface area contributed by atoms with Crippen LogP contribution >= 0.6 is 0 Å². The minimum Gasteiger partial charge on any atom is -0.325 e. The van der Waals surface area contributed by atoms with E-state index in [0.717, 1.165) is 18.5 Å². The molecule has 3 heteroatoms. The molecule has 1 amide bonds.